The summed E-state index contributed by atoms with van der Waals surface area (Å²) in [6.45, 7) is 0. The molecule has 0 N–H and O–H groups in total. The van der Waals surface area contributed by atoms with Gasteiger partial charge in [-0.15, -0.1) is 0 Å². The third-order valence-electron chi connectivity index (χ3n) is 10.2. The molecule has 10 aromatic carbocycles. The monoisotopic (exact) mass is 606 g/mol. The molecule has 0 aliphatic rings. The van der Waals surface area contributed by atoms with Crippen LogP contribution in [-0.2, 0) is 0 Å². The van der Waals surface area contributed by atoms with Crippen molar-refractivity contribution in [3.8, 4) is 33.4 Å². The quantitative estimate of drug-likeness (QED) is 0.139. The fourth-order valence-corrected chi connectivity index (χ4v) is 8.11. The molecule has 0 aliphatic carbocycles. The van der Waals surface area contributed by atoms with Gasteiger partial charge in [0.2, 0.25) is 0 Å². The largest absolute Gasteiger partial charge is 0.0622 e. The highest BCUT2D eigenvalue weighted by Crippen LogP contribution is 2.47. The molecular formula is C48H30. The first-order chi connectivity index (χ1) is 23.8. The van der Waals surface area contributed by atoms with E-state index in [0.29, 0.717) is 0 Å². The minimum Gasteiger partial charge on any atom is -0.0622 e. The Morgan fingerprint density at radius 2 is 0.729 bits per heavy atom. The van der Waals surface area contributed by atoms with E-state index in [4.69, 9.17) is 0 Å². The molecule has 48 heavy (non-hydrogen) atoms. The van der Waals surface area contributed by atoms with Crippen molar-refractivity contribution in [2.45, 2.75) is 0 Å². The molecule has 0 saturated heterocycles. The van der Waals surface area contributed by atoms with Gasteiger partial charge in [0.25, 0.3) is 0 Å². The molecule has 0 aromatic heterocycles. The van der Waals surface area contributed by atoms with E-state index in [0.717, 1.165) is 0 Å². The topological polar surface area (TPSA) is 0 Å². The molecular weight excluding hydrogens is 577 g/mol. The van der Waals surface area contributed by atoms with Gasteiger partial charge in [0.1, 0.15) is 0 Å². The van der Waals surface area contributed by atoms with Gasteiger partial charge in [-0.25, -0.2) is 0 Å². The van der Waals surface area contributed by atoms with Gasteiger partial charge in [-0.1, -0.05) is 170 Å². The second kappa shape index (κ2) is 10.7. The lowest BCUT2D eigenvalue weighted by Crippen LogP contribution is -1.93. The van der Waals surface area contributed by atoms with Gasteiger partial charge in [-0.3, -0.25) is 0 Å². The lowest BCUT2D eigenvalue weighted by Gasteiger charge is -2.20. The smallest absolute Gasteiger partial charge is 0.00199 e. The van der Waals surface area contributed by atoms with E-state index in [2.05, 4.69) is 182 Å². The first-order valence-corrected chi connectivity index (χ1v) is 16.7. The number of hydrogen-bond acceptors (Lipinski definition) is 0. The van der Waals surface area contributed by atoms with E-state index in [-0.39, 0.29) is 0 Å². The van der Waals surface area contributed by atoms with Crippen molar-refractivity contribution >= 4 is 64.6 Å². The van der Waals surface area contributed by atoms with Crippen LogP contribution in [0.2, 0.25) is 0 Å². The summed E-state index contributed by atoms with van der Waals surface area (Å²) in [5.41, 5.74) is 7.58. The maximum atomic E-state index is 2.47. The van der Waals surface area contributed by atoms with Crippen LogP contribution < -0.4 is 0 Å². The van der Waals surface area contributed by atoms with Crippen LogP contribution in [0.25, 0.3) is 98.0 Å². The maximum Gasteiger partial charge on any atom is -0.00199 e. The standard InChI is InChI=1S/C48H30/c1-2-15-33(16-3-1)46-40-22-10-11-23-41(40)48(39-24-12-18-31-13-4-7-19-36(31)39)45-30-35(26-28-43(45)46)47-38-21-9-6-17-34(38)29-44-37-20-8-5-14-32(37)25-27-42(44)47/h1-30H. The fraction of sp³-hybridized carbons (Fsp3) is 0. The molecule has 0 amide bonds. The molecule has 0 heterocycles. The Morgan fingerprint density at radius 1 is 0.208 bits per heavy atom. The molecule has 10 rings (SSSR count). The SMILES string of the molecule is c1ccc(-c2c3ccccc3c(-c3cccc4ccccc34)c3cc(-c4c5ccccc5cc5c4ccc4ccccc45)ccc23)cc1. The molecule has 0 aliphatic heterocycles. The summed E-state index contributed by atoms with van der Waals surface area (Å²) in [4.78, 5) is 0. The number of benzene rings is 10. The lowest BCUT2D eigenvalue weighted by atomic mass is 9.83. The molecule has 0 fully saturated rings. The van der Waals surface area contributed by atoms with Crippen LogP contribution in [0.3, 0.4) is 0 Å². The van der Waals surface area contributed by atoms with E-state index in [1.165, 1.54) is 98.0 Å². The van der Waals surface area contributed by atoms with Crippen molar-refractivity contribution in [2.75, 3.05) is 0 Å². The van der Waals surface area contributed by atoms with Crippen LogP contribution in [-0.4, -0.2) is 0 Å². The highest BCUT2D eigenvalue weighted by atomic mass is 14.2. The molecule has 0 bridgehead atoms. The van der Waals surface area contributed by atoms with Gasteiger partial charge in [0.15, 0.2) is 0 Å². The average molecular weight is 607 g/mol. The van der Waals surface area contributed by atoms with Gasteiger partial charge in [0, 0.05) is 0 Å². The Balaban J connectivity index is 1.40. The molecule has 10 aromatic rings. The summed E-state index contributed by atoms with van der Waals surface area (Å²) in [6.07, 6.45) is 0. The van der Waals surface area contributed by atoms with Gasteiger partial charge in [-0.2, -0.15) is 0 Å². The molecule has 0 radical (unpaired) electrons. The van der Waals surface area contributed by atoms with Crippen LogP contribution in [0.15, 0.2) is 182 Å². The minimum atomic E-state index is 1.23. The third-order valence-corrected chi connectivity index (χ3v) is 10.2. The molecule has 222 valence electrons. The van der Waals surface area contributed by atoms with E-state index >= 15 is 0 Å². The van der Waals surface area contributed by atoms with Crippen LogP contribution in [0.1, 0.15) is 0 Å². The first-order valence-electron chi connectivity index (χ1n) is 16.7. The highest BCUT2D eigenvalue weighted by Gasteiger charge is 2.20. The van der Waals surface area contributed by atoms with Crippen molar-refractivity contribution in [1.82, 2.24) is 0 Å². The zero-order valence-electron chi connectivity index (χ0n) is 26.3. The summed E-state index contributed by atoms with van der Waals surface area (Å²) in [6, 6.07) is 67.2. The molecule has 0 heteroatoms. The van der Waals surface area contributed by atoms with Crippen LogP contribution >= 0.6 is 0 Å². The maximum absolute atomic E-state index is 2.47. The fourth-order valence-electron chi connectivity index (χ4n) is 8.11. The molecule has 0 unspecified atom stereocenters. The van der Waals surface area contributed by atoms with Crippen molar-refractivity contribution < 1.29 is 0 Å². The molecule has 0 saturated carbocycles. The lowest BCUT2D eigenvalue weighted by molar-refractivity contribution is 1.66. The van der Waals surface area contributed by atoms with Gasteiger partial charge in [-0.05, 0) is 110 Å². The highest BCUT2D eigenvalue weighted by molar-refractivity contribution is 6.25. The Hall–Kier alpha value is -6.24. The predicted octanol–water partition coefficient (Wildman–Crippen LogP) is 13.6. The second-order valence-corrected chi connectivity index (χ2v) is 12.8. The van der Waals surface area contributed by atoms with Crippen LogP contribution in [0.5, 0.6) is 0 Å². The third kappa shape index (κ3) is 4.03. The van der Waals surface area contributed by atoms with Crippen molar-refractivity contribution in [3.63, 3.8) is 0 Å². The van der Waals surface area contributed by atoms with Crippen molar-refractivity contribution in [2.24, 2.45) is 0 Å². The first kappa shape index (κ1) is 26.9. The zero-order chi connectivity index (χ0) is 31.6. The second-order valence-electron chi connectivity index (χ2n) is 12.8. The van der Waals surface area contributed by atoms with Crippen molar-refractivity contribution in [1.29, 1.82) is 0 Å². The number of fused-ring (bicyclic) bond motifs is 7. The Kier molecular flexibility index (Phi) is 5.98. The molecule has 0 spiro atoms. The predicted molar refractivity (Wildman–Crippen MR) is 208 cm³/mol. The van der Waals surface area contributed by atoms with Crippen LogP contribution in [0.4, 0.5) is 0 Å². The summed E-state index contributed by atoms with van der Waals surface area (Å²) in [5.74, 6) is 0. The number of hydrogen-bond donors (Lipinski definition) is 0. The summed E-state index contributed by atoms with van der Waals surface area (Å²) in [5, 5.41) is 15.3. The van der Waals surface area contributed by atoms with Gasteiger partial charge in [0.05, 0.1) is 0 Å². The Labute approximate surface area is 279 Å². The average Bonchev–Trinajstić information content (AvgIpc) is 3.16. The summed E-state index contributed by atoms with van der Waals surface area (Å²) in [7, 11) is 0. The van der Waals surface area contributed by atoms with E-state index in [1.807, 2.05) is 0 Å². The van der Waals surface area contributed by atoms with E-state index in [9.17, 15) is 0 Å². The van der Waals surface area contributed by atoms with E-state index < -0.39 is 0 Å². The summed E-state index contributed by atoms with van der Waals surface area (Å²) < 4.78 is 0. The number of rotatable bonds is 3. The summed E-state index contributed by atoms with van der Waals surface area (Å²) >= 11 is 0. The molecule has 0 atom stereocenters. The van der Waals surface area contributed by atoms with Crippen molar-refractivity contribution in [3.05, 3.63) is 182 Å². The minimum absolute atomic E-state index is 1.23. The normalized spacial score (nSPS) is 11.8. The molecule has 0 nitrogen and oxygen atoms in total. The van der Waals surface area contributed by atoms with Crippen LogP contribution in [0, 0.1) is 0 Å². The Morgan fingerprint density at radius 3 is 1.52 bits per heavy atom. The van der Waals surface area contributed by atoms with Gasteiger partial charge >= 0.3 is 0 Å². The zero-order valence-corrected chi connectivity index (χ0v) is 26.3. The van der Waals surface area contributed by atoms with E-state index in [1.54, 1.807) is 0 Å². The Bertz CT molecular complexity index is 2870. The van der Waals surface area contributed by atoms with Gasteiger partial charge < -0.3 is 0 Å².